The highest BCUT2D eigenvalue weighted by molar-refractivity contribution is 5.94. The lowest BCUT2D eigenvalue weighted by Gasteiger charge is -2.39. The van der Waals surface area contributed by atoms with Crippen LogP contribution in [0.4, 0.5) is 5.69 Å². The largest absolute Gasteiger partial charge is 0.399 e. The highest BCUT2D eigenvalue weighted by atomic mass is 16.6. The first-order valence-corrected chi connectivity index (χ1v) is 5.83. The van der Waals surface area contributed by atoms with Crippen LogP contribution in [-0.4, -0.2) is 31.4 Å². The predicted molar refractivity (Wildman–Crippen MR) is 70.3 cm³/mol. The van der Waals surface area contributed by atoms with Crippen molar-refractivity contribution in [3.63, 3.8) is 0 Å². The van der Waals surface area contributed by atoms with E-state index in [2.05, 4.69) is 22.2 Å². The Morgan fingerprint density at radius 2 is 2.06 bits per heavy atom. The van der Waals surface area contributed by atoms with E-state index in [9.17, 15) is 0 Å². The molecule has 2 N–H and O–H groups in total. The van der Waals surface area contributed by atoms with Crippen molar-refractivity contribution in [1.29, 1.82) is 0 Å². The molecule has 0 radical (unpaired) electrons. The predicted octanol–water partition coefficient (Wildman–Crippen LogP) is 1.62. The van der Waals surface area contributed by atoms with Crippen molar-refractivity contribution in [3.05, 3.63) is 30.3 Å². The quantitative estimate of drug-likeness (QED) is 0.790. The van der Waals surface area contributed by atoms with Crippen LogP contribution in [0.1, 0.15) is 13.3 Å². The Balaban J connectivity index is 2.15. The highest BCUT2D eigenvalue weighted by Gasteiger charge is 2.33. The first-order chi connectivity index (χ1) is 8.13. The maximum Gasteiger partial charge on any atom is 0.106 e. The average Bonchev–Trinajstić information content (AvgIpc) is 2.33. The number of oxime groups is 1. The molecule has 4 nitrogen and oxygen atoms in total. The van der Waals surface area contributed by atoms with Gasteiger partial charge in [0, 0.05) is 25.2 Å². The topological polar surface area (TPSA) is 50.8 Å². The van der Waals surface area contributed by atoms with Crippen molar-refractivity contribution < 1.29 is 4.84 Å². The third-order valence-corrected chi connectivity index (χ3v) is 3.12. The minimum absolute atomic E-state index is 0.426. The summed E-state index contributed by atoms with van der Waals surface area (Å²) < 4.78 is 0. The minimum atomic E-state index is -0.426. The molecular weight excluding hydrogens is 214 g/mol. The van der Waals surface area contributed by atoms with Crippen molar-refractivity contribution in [3.8, 4) is 0 Å². The Kier molecular flexibility index (Phi) is 3.33. The van der Waals surface area contributed by atoms with Gasteiger partial charge in [0.05, 0.1) is 11.3 Å². The normalized spacial score (nSPS) is 27.2. The van der Waals surface area contributed by atoms with Gasteiger partial charge < -0.3 is 15.5 Å². The summed E-state index contributed by atoms with van der Waals surface area (Å²) in [7, 11) is 1.56. The number of benzene rings is 1. The van der Waals surface area contributed by atoms with Gasteiger partial charge in [-0.3, -0.25) is 0 Å². The van der Waals surface area contributed by atoms with Crippen molar-refractivity contribution in [2.75, 3.05) is 25.1 Å². The van der Waals surface area contributed by atoms with Crippen molar-refractivity contribution in [2.45, 2.75) is 18.9 Å². The number of rotatable bonds is 2. The summed E-state index contributed by atoms with van der Waals surface area (Å²) in [4.78, 5) is 7.13. The standard InChI is InChI=1S/C13H19N3O/c1-13(14)10-16(9-8-12(13)15-17-2)11-6-4-3-5-7-11/h3-7H,8-10,14H2,1-2H3. The molecule has 1 aliphatic rings. The first-order valence-electron chi connectivity index (χ1n) is 5.83. The molecule has 0 aliphatic carbocycles. The number of hydrogen-bond acceptors (Lipinski definition) is 4. The first kappa shape index (κ1) is 11.9. The lowest BCUT2D eigenvalue weighted by Crippen LogP contribution is -2.58. The molecule has 1 atom stereocenters. The van der Waals surface area contributed by atoms with Crippen LogP contribution in [0.25, 0.3) is 0 Å². The van der Waals surface area contributed by atoms with E-state index in [1.165, 1.54) is 5.69 Å². The van der Waals surface area contributed by atoms with Gasteiger partial charge in [-0.15, -0.1) is 0 Å². The molecule has 1 saturated heterocycles. The fraction of sp³-hybridized carbons (Fsp3) is 0.462. The van der Waals surface area contributed by atoms with Gasteiger partial charge in [0.25, 0.3) is 0 Å². The third kappa shape index (κ3) is 2.58. The molecule has 0 bridgehead atoms. The van der Waals surface area contributed by atoms with E-state index in [0.717, 1.165) is 25.2 Å². The van der Waals surface area contributed by atoms with E-state index in [4.69, 9.17) is 10.6 Å². The Hall–Kier alpha value is -1.55. The molecule has 17 heavy (non-hydrogen) atoms. The average molecular weight is 233 g/mol. The zero-order chi connectivity index (χ0) is 12.3. The smallest absolute Gasteiger partial charge is 0.106 e. The summed E-state index contributed by atoms with van der Waals surface area (Å²) in [6.07, 6.45) is 0.843. The monoisotopic (exact) mass is 233 g/mol. The van der Waals surface area contributed by atoms with Gasteiger partial charge in [0.2, 0.25) is 0 Å². The van der Waals surface area contributed by atoms with E-state index in [-0.39, 0.29) is 0 Å². The van der Waals surface area contributed by atoms with Crippen LogP contribution in [0, 0.1) is 0 Å². The molecule has 1 aromatic rings. The van der Waals surface area contributed by atoms with Crippen molar-refractivity contribution in [1.82, 2.24) is 0 Å². The van der Waals surface area contributed by atoms with Gasteiger partial charge in [0.15, 0.2) is 0 Å². The van der Waals surface area contributed by atoms with Crippen LogP contribution in [-0.2, 0) is 4.84 Å². The zero-order valence-electron chi connectivity index (χ0n) is 10.4. The van der Waals surface area contributed by atoms with Gasteiger partial charge in [-0.2, -0.15) is 0 Å². The van der Waals surface area contributed by atoms with Crippen LogP contribution in [0.3, 0.4) is 0 Å². The van der Waals surface area contributed by atoms with Crippen molar-refractivity contribution in [2.24, 2.45) is 10.9 Å². The second kappa shape index (κ2) is 4.75. The number of hydrogen-bond donors (Lipinski definition) is 1. The molecule has 1 aliphatic heterocycles. The molecule has 1 unspecified atom stereocenters. The lowest BCUT2D eigenvalue weighted by atomic mass is 9.89. The second-order valence-electron chi connectivity index (χ2n) is 4.65. The maximum atomic E-state index is 6.28. The number of piperidine rings is 1. The molecule has 4 heteroatoms. The minimum Gasteiger partial charge on any atom is -0.399 e. The Labute approximate surface area is 102 Å². The Morgan fingerprint density at radius 3 is 2.65 bits per heavy atom. The molecule has 0 spiro atoms. The SMILES string of the molecule is CON=C1CCN(c2ccccc2)CC1(C)N. The Morgan fingerprint density at radius 1 is 1.35 bits per heavy atom. The molecule has 0 amide bonds. The lowest BCUT2D eigenvalue weighted by molar-refractivity contribution is 0.208. The molecule has 0 saturated carbocycles. The van der Waals surface area contributed by atoms with E-state index in [0.29, 0.717) is 0 Å². The fourth-order valence-electron chi connectivity index (χ4n) is 2.21. The van der Waals surface area contributed by atoms with E-state index in [1.54, 1.807) is 7.11 Å². The molecule has 92 valence electrons. The summed E-state index contributed by atoms with van der Waals surface area (Å²) in [5.74, 6) is 0. The number of nitrogens with two attached hydrogens (primary N) is 1. The van der Waals surface area contributed by atoms with Crippen LogP contribution in [0.15, 0.2) is 35.5 Å². The molecule has 2 rings (SSSR count). The fourth-order valence-corrected chi connectivity index (χ4v) is 2.21. The summed E-state index contributed by atoms with van der Waals surface area (Å²) in [5, 5.41) is 4.03. The molecular formula is C13H19N3O. The van der Waals surface area contributed by atoms with E-state index < -0.39 is 5.54 Å². The van der Waals surface area contributed by atoms with Gasteiger partial charge >= 0.3 is 0 Å². The summed E-state index contributed by atoms with van der Waals surface area (Å²) >= 11 is 0. The molecule has 1 fully saturated rings. The van der Waals surface area contributed by atoms with Crippen LogP contribution in [0.2, 0.25) is 0 Å². The zero-order valence-corrected chi connectivity index (χ0v) is 10.4. The molecule has 1 aromatic carbocycles. The van der Waals surface area contributed by atoms with Crippen LogP contribution < -0.4 is 10.6 Å². The summed E-state index contributed by atoms with van der Waals surface area (Å²) in [6, 6.07) is 10.3. The number of nitrogens with zero attached hydrogens (tertiary/aromatic N) is 2. The molecule has 1 heterocycles. The van der Waals surface area contributed by atoms with Crippen LogP contribution in [0.5, 0.6) is 0 Å². The summed E-state index contributed by atoms with van der Waals surface area (Å²) in [5.41, 5.74) is 8.00. The summed E-state index contributed by atoms with van der Waals surface area (Å²) in [6.45, 7) is 3.69. The number of anilines is 1. The van der Waals surface area contributed by atoms with Gasteiger partial charge in [0.1, 0.15) is 7.11 Å². The molecule has 0 aromatic heterocycles. The van der Waals surface area contributed by atoms with Crippen LogP contribution >= 0.6 is 0 Å². The van der Waals surface area contributed by atoms with Gasteiger partial charge in [-0.05, 0) is 19.1 Å². The van der Waals surface area contributed by atoms with Gasteiger partial charge in [-0.1, -0.05) is 23.4 Å². The highest BCUT2D eigenvalue weighted by Crippen LogP contribution is 2.22. The third-order valence-electron chi connectivity index (χ3n) is 3.12. The van der Waals surface area contributed by atoms with E-state index >= 15 is 0 Å². The Bertz CT molecular complexity index is 400. The number of para-hydroxylation sites is 1. The maximum absolute atomic E-state index is 6.28. The van der Waals surface area contributed by atoms with E-state index in [1.807, 2.05) is 25.1 Å². The van der Waals surface area contributed by atoms with Gasteiger partial charge in [-0.25, -0.2) is 0 Å². The second-order valence-corrected chi connectivity index (χ2v) is 4.65. The van der Waals surface area contributed by atoms with Crippen molar-refractivity contribution >= 4 is 11.4 Å².